The van der Waals surface area contributed by atoms with Crippen LogP contribution in [0.4, 0.5) is 11.4 Å². The van der Waals surface area contributed by atoms with Crippen LogP contribution < -0.4 is 10.1 Å². The first-order chi connectivity index (χ1) is 12.9. The van der Waals surface area contributed by atoms with Crippen LogP contribution in [-0.2, 0) is 9.59 Å². The van der Waals surface area contributed by atoms with Gasteiger partial charge in [-0.25, -0.2) is 0 Å². The molecular weight excluding hydrogens is 356 g/mol. The molecule has 1 aliphatic rings. The summed E-state index contributed by atoms with van der Waals surface area (Å²) in [6.07, 6.45) is 1.88. The van der Waals surface area contributed by atoms with Gasteiger partial charge in [0.05, 0.1) is 29.7 Å². The minimum absolute atomic E-state index is 0.153. The van der Waals surface area contributed by atoms with E-state index in [1.54, 1.807) is 0 Å². The number of ether oxygens (including phenoxy) is 1. The second kappa shape index (κ2) is 8.66. The smallest absolute Gasteiger partial charge is 0.306 e. The number of carboxylic acids is 1. The highest BCUT2D eigenvalue weighted by Crippen LogP contribution is 2.29. The number of benzene rings is 1. The standard InChI is InChI=1S/C17H18N4O6/c1-27-15-8-13(21(25)26)2-3-14(15)19-10-12(9-18)16(22)20-6-4-11(5-7-20)17(23)24/h2-3,8,10-11,19H,4-7H2,1H3,(H,23,24)/b12-10-. The number of carbonyl (C=O) groups excluding carboxylic acids is 1. The Kier molecular flexibility index (Phi) is 6.32. The number of nitrogens with one attached hydrogen (secondary N) is 1. The second-order valence-corrected chi connectivity index (χ2v) is 5.86. The molecule has 1 fully saturated rings. The summed E-state index contributed by atoms with van der Waals surface area (Å²) in [5.74, 6) is -1.68. The van der Waals surface area contributed by atoms with Crippen molar-refractivity contribution in [1.29, 1.82) is 5.26 Å². The molecule has 2 rings (SSSR count). The van der Waals surface area contributed by atoms with Crippen molar-refractivity contribution in [2.24, 2.45) is 5.92 Å². The van der Waals surface area contributed by atoms with E-state index in [0.717, 1.165) is 0 Å². The van der Waals surface area contributed by atoms with Crippen LogP contribution in [-0.4, -0.2) is 47.0 Å². The van der Waals surface area contributed by atoms with Crippen molar-refractivity contribution in [2.75, 3.05) is 25.5 Å². The molecule has 1 saturated heterocycles. The van der Waals surface area contributed by atoms with E-state index >= 15 is 0 Å². The summed E-state index contributed by atoms with van der Waals surface area (Å²) in [6, 6.07) is 5.71. The Labute approximate surface area is 154 Å². The number of hydrogen-bond donors (Lipinski definition) is 2. The lowest BCUT2D eigenvalue weighted by atomic mass is 9.97. The molecule has 0 spiro atoms. The van der Waals surface area contributed by atoms with Gasteiger partial charge < -0.3 is 20.1 Å². The predicted molar refractivity (Wildman–Crippen MR) is 93.9 cm³/mol. The summed E-state index contributed by atoms with van der Waals surface area (Å²) >= 11 is 0. The maximum atomic E-state index is 12.5. The molecule has 0 radical (unpaired) electrons. The normalized spacial score (nSPS) is 15.0. The zero-order valence-electron chi connectivity index (χ0n) is 14.5. The molecule has 1 aromatic carbocycles. The predicted octanol–water partition coefficient (Wildman–Crippen LogP) is 1.75. The number of likely N-dealkylation sites (tertiary alicyclic amines) is 1. The highest BCUT2D eigenvalue weighted by Gasteiger charge is 2.28. The molecule has 10 heteroatoms. The van der Waals surface area contributed by atoms with Crippen LogP contribution in [0.1, 0.15) is 12.8 Å². The van der Waals surface area contributed by atoms with Crippen molar-refractivity contribution in [3.05, 3.63) is 40.1 Å². The SMILES string of the molecule is COc1cc([N+](=O)[O-])ccc1N/C=C(/C#N)C(=O)N1CCC(C(=O)O)CC1. The first kappa shape index (κ1) is 19.7. The van der Waals surface area contributed by atoms with Crippen molar-refractivity contribution in [2.45, 2.75) is 12.8 Å². The molecule has 1 aliphatic heterocycles. The summed E-state index contributed by atoms with van der Waals surface area (Å²) in [5, 5.41) is 31.8. The van der Waals surface area contributed by atoms with Gasteiger partial charge in [-0.1, -0.05) is 0 Å². The van der Waals surface area contributed by atoms with Gasteiger partial charge in [-0.3, -0.25) is 19.7 Å². The van der Waals surface area contributed by atoms with Crippen LogP contribution >= 0.6 is 0 Å². The average Bonchev–Trinajstić information content (AvgIpc) is 2.68. The van der Waals surface area contributed by atoms with Crippen LogP contribution in [0.25, 0.3) is 0 Å². The molecule has 142 valence electrons. The summed E-state index contributed by atoms with van der Waals surface area (Å²) in [7, 11) is 1.34. The molecule has 0 bridgehead atoms. The van der Waals surface area contributed by atoms with Gasteiger partial charge >= 0.3 is 5.97 Å². The number of nitrogens with zero attached hydrogens (tertiary/aromatic N) is 3. The molecule has 0 aliphatic carbocycles. The minimum Gasteiger partial charge on any atom is -0.494 e. The maximum absolute atomic E-state index is 12.5. The molecule has 1 aromatic rings. The Morgan fingerprint density at radius 1 is 1.44 bits per heavy atom. The largest absolute Gasteiger partial charge is 0.494 e. The third kappa shape index (κ3) is 4.72. The lowest BCUT2D eigenvalue weighted by Gasteiger charge is -2.29. The summed E-state index contributed by atoms with van der Waals surface area (Å²) in [4.78, 5) is 35.1. The van der Waals surface area contributed by atoms with Gasteiger partial charge in [0.1, 0.15) is 17.4 Å². The first-order valence-corrected chi connectivity index (χ1v) is 8.08. The number of rotatable bonds is 6. The van der Waals surface area contributed by atoms with E-state index in [1.807, 2.05) is 6.07 Å². The highest BCUT2D eigenvalue weighted by atomic mass is 16.6. The molecule has 27 heavy (non-hydrogen) atoms. The van der Waals surface area contributed by atoms with Crippen LogP contribution in [0.3, 0.4) is 0 Å². The fraction of sp³-hybridized carbons (Fsp3) is 0.353. The van der Waals surface area contributed by atoms with Crippen molar-refractivity contribution >= 4 is 23.3 Å². The molecule has 10 nitrogen and oxygen atoms in total. The van der Waals surface area contributed by atoms with Gasteiger partial charge in [-0.2, -0.15) is 5.26 Å². The number of hydrogen-bond acceptors (Lipinski definition) is 7. The number of nitriles is 1. The Bertz CT molecular complexity index is 821. The average molecular weight is 374 g/mol. The van der Waals surface area contributed by atoms with E-state index in [-0.39, 0.29) is 30.1 Å². The fourth-order valence-electron chi connectivity index (χ4n) is 2.70. The number of non-ortho nitro benzene ring substituents is 1. The molecule has 2 N–H and O–H groups in total. The summed E-state index contributed by atoms with van der Waals surface area (Å²) in [6.45, 7) is 0.519. The lowest BCUT2D eigenvalue weighted by Crippen LogP contribution is -2.40. The third-order valence-electron chi connectivity index (χ3n) is 4.25. The molecule has 0 saturated carbocycles. The number of carbonyl (C=O) groups is 2. The van der Waals surface area contributed by atoms with Crippen molar-refractivity contribution in [3.63, 3.8) is 0 Å². The summed E-state index contributed by atoms with van der Waals surface area (Å²) in [5.41, 5.74) is 0.0386. The molecule has 0 unspecified atom stereocenters. The number of methoxy groups -OCH3 is 1. The van der Waals surface area contributed by atoms with E-state index in [4.69, 9.17) is 9.84 Å². The lowest BCUT2D eigenvalue weighted by molar-refractivity contribution is -0.384. The number of aliphatic carboxylic acids is 1. The summed E-state index contributed by atoms with van der Waals surface area (Å²) < 4.78 is 5.08. The van der Waals surface area contributed by atoms with Crippen molar-refractivity contribution < 1.29 is 24.4 Å². The zero-order chi connectivity index (χ0) is 20.0. The topological polar surface area (TPSA) is 146 Å². The van der Waals surface area contributed by atoms with Gasteiger partial charge in [0.15, 0.2) is 0 Å². The minimum atomic E-state index is -0.884. The van der Waals surface area contributed by atoms with Crippen LogP contribution in [0, 0.1) is 27.4 Å². The van der Waals surface area contributed by atoms with Gasteiger partial charge in [0.2, 0.25) is 0 Å². The van der Waals surface area contributed by atoms with Gasteiger partial charge in [0, 0.05) is 25.4 Å². The number of anilines is 1. The third-order valence-corrected chi connectivity index (χ3v) is 4.25. The maximum Gasteiger partial charge on any atom is 0.306 e. The Hall–Kier alpha value is -3.61. The van der Waals surface area contributed by atoms with Crippen molar-refractivity contribution in [3.8, 4) is 11.8 Å². The zero-order valence-corrected chi connectivity index (χ0v) is 14.5. The Morgan fingerprint density at radius 3 is 2.63 bits per heavy atom. The van der Waals surface area contributed by atoms with E-state index in [9.17, 15) is 25.0 Å². The van der Waals surface area contributed by atoms with Crippen LogP contribution in [0.2, 0.25) is 0 Å². The number of nitro groups is 1. The monoisotopic (exact) mass is 374 g/mol. The van der Waals surface area contributed by atoms with E-state index in [2.05, 4.69) is 5.32 Å². The Morgan fingerprint density at radius 2 is 2.11 bits per heavy atom. The molecule has 0 atom stereocenters. The molecule has 1 amide bonds. The first-order valence-electron chi connectivity index (χ1n) is 8.08. The van der Waals surface area contributed by atoms with E-state index in [0.29, 0.717) is 18.5 Å². The van der Waals surface area contributed by atoms with Crippen LogP contribution in [0.15, 0.2) is 30.0 Å². The Balaban J connectivity index is 2.10. The second-order valence-electron chi connectivity index (χ2n) is 5.86. The molecule has 1 heterocycles. The van der Waals surface area contributed by atoms with Gasteiger partial charge in [-0.15, -0.1) is 0 Å². The fourth-order valence-corrected chi connectivity index (χ4v) is 2.70. The number of piperidine rings is 1. The van der Waals surface area contributed by atoms with Gasteiger partial charge in [-0.05, 0) is 18.9 Å². The molecule has 0 aromatic heterocycles. The number of carboxylic acid groups (broad SMARTS) is 1. The van der Waals surface area contributed by atoms with E-state index in [1.165, 1.54) is 36.4 Å². The number of amides is 1. The highest BCUT2D eigenvalue weighted by molar-refractivity contribution is 5.97. The van der Waals surface area contributed by atoms with Crippen LogP contribution in [0.5, 0.6) is 5.75 Å². The van der Waals surface area contributed by atoms with E-state index < -0.39 is 22.7 Å². The van der Waals surface area contributed by atoms with Gasteiger partial charge in [0.25, 0.3) is 11.6 Å². The number of nitro benzene ring substituents is 1. The van der Waals surface area contributed by atoms with Crippen molar-refractivity contribution in [1.82, 2.24) is 4.90 Å². The quantitative estimate of drug-likeness (QED) is 0.331. The molecular formula is C17H18N4O6.